The summed E-state index contributed by atoms with van der Waals surface area (Å²) in [7, 11) is 0. The predicted molar refractivity (Wildman–Crippen MR) is 93.0 cm³/mol. The Labute approximate surface area is 162 Å². The van der Waals surface area contributed by atoms with Crippen LogP contribution in [0.5, 0.6) is 0 Å². The van der Waals surface area contributed by atoms with Crippen LogP contribution < -0.4 is 5.32 Å². The molecule has 0 aliphatic carbocycles. The standard InChI is InChI=1S/C19H16F6N2O2/c1-2-27(17(29)19(23,24)25)11-12-6-5-7-13(10-12)26-16(28)14-8-3-4-9-15(14)18(20,21)22/h3-10H,2,11H2,1H3,(H,26,28). The number of halogens is 6. The Hall–Kier alpha value is -3.04. The zero-order valence-corrected chi connectivity index (χ0v) is 15.1. The molecule has 156 valence electrons. The van der Waals surface area contributed by atoms with Crippen LogP contribution in [-0.2, 0) is 17.5 Å². The van der Waals surface area contributed by atoms with Crippen LogP contribution in [0.1, 0.15) is 28.4 Å². The SMILES string of the molecule is CCN(Cc1cccc(NC(=O)c2ccccc2C(F)(F)F)c1)C(=O)C(F)(F)F. The largest absolute Gasteiger partial charge is 0.471 e. The lowest BCUT2D eigenvalue weighted by atomic mass is 10.1. The average Bonchev–Trinajstić information content (AvgIpc) is 2.64. The third-order valence-electron chi connectivity index (χ3n) is 3.95. The van der Waals surface area contributed by atoms with Gasteiger partial charge in [0.2, 0.25) is 0 Å². The molecular formula is C19H16F6N2O2. The van der Waals surface area contributed by atoms with Crippen molar-refractivity contribution in [3.8, 4) is 0 Å². The van der Waals surface area contributed by atoms with E-state index < -0.39 is 35.3 Å². The van der Waals surface area contributed by atoms with Gasteiger partial charge in [0.15, 0.2) is 0 Å². The van der Waals surface area contributed by atoms with E-state index in [-0.39, 0.29) is 24.3 Å². The number of benzene rings is 2. The van der Waals surface area contributed by atoms with Crippen LogP contribution >= 0.6 is 0 Å². The Morgan fingerprint density at radius 1 is 0.966 bits per heavy atom. The summed E-state index contributed by atoms with van der Waals surface area (Å²) < 4.78 is 77.0. The highest BCUT2D eigenvalue weighted by Gasteiger charge is 2.42. The third kappa shape index (κ3) is 5.72. The molecule has 0 aromatic heterocycles. The number of hydrogen-bond acceptors (Lipinski definition) is 2. The van der Waals surface area contributed by atoms with E-state index in [1.807, 2.05) is 0 Å². The molecule has 2 aromatic rings. The minimum Gasteiger partial charge on any atom is -0.331 e. The van der Waals surface area contributed by atoms with Crippen LogP contribution in [0.4, 0.5) is 32.0 Å². The molecule has 2 aromatic carbocycles. The highest BCUT2D eigenvalue weighted by molar-refractivity contribution is 6.05. The Bertz CT molecular complexity index is 893. The number of amides is 2. The van der Waals surface area contributed by atoms with Crippen molar-refractivity contribution < 1.29 is 35.9 Å². The van der Waals surface area contributed by atoms with Crippen molar-refractivity contribution in [3.63, 3.8) is 0 Å². The van der Waals surface area contributed by atoms with E-state index in [9.17, 15) is 35.9 Å². The monoisotopic (exact) mass is 418 g/mol. The smallest absolute Gasteiger partial charge is 0.331 e. The molecule has 4 nitrogen and oxygen atoms in total. The quantitative estimate of drug-likeness (QED) is 0.705. The van der Waals surface area contributed by atoms with Crippen molar-refractivity contribution in [3.05, 3.63) is 65.2 Å². The second-order valence-electron chi connectivity index (χ2n) is 6.01. The van der Waals surface area contributed by atoms with E-state index in [4.69, 9.17) is 0 Å². The summed E-state index contributed by atoms with van der Waals surface area (Å²) in [6.45, 7) is 0.801. The Morgan fingerprint density at radius 2 is 1.62 bits per heavy atom. The molecule has 1 N–H and O–H groups in total. The third-order valence-corrected chi connectivity index (χ3v) is 3.95. The van der Waals surface area contributed by atoms with E-state index >= 15 is 0 Å². The second kappa shape index (κ2) is 8.54. The van der Waals surface area contributed by atoms with E-state index in [0.29, 0.717) is 4.90 Å². The van der Waals surface area contributed by atoms with Crippen LogP contribution in [0.25, 0.3) is 0 Å². The predicted octanol–water partition coefficient (Wildman–Crippen LogP) is 4.87. The number of carbonyl (C=O) groups is 2. The molecule has 0 unspecified atom stereocenters. The second-order valence-corrected chi connectivity index (χ2v) is 6.01. The zero-order valence-electron chi connectivity index (χ0n) is 15.1. The van der Waals surface area contributed by atoms with Gasteiger partial charge in [0.1, 0.15) is 0 Å². The van der Waals surface area contributed by atoms with Crippen LogP contribution in [0, 0.1) is 0 Å². The molecular weight excluding hydrogens is 402 g/mol. The van der Waals surface area contributed by atoms with Gasteiger partial charge in [0, 0.05) is 18.8 Å². The van der Waals surface area contributed by atoms with E-state index in [2.05, 4.69) is 5.32 Å². The van der Waals surface area contributed by atoms with Crippen molar-refractivity contribution in [2.75, 3.05) is 11.9 Å². The summed E-state index contributed by atoms with van der Waals surface area (Å²) in [5.41, 5.74) is -1.35. The first kappa shape index (κ1) is 22.3. The molecule has 0 atom stereocenters. The first-order chi connectivity index (χ1) is 13.4. The molecule has 0 spiro atoms. The summed E-state index contributed by atoms with van der Waals surface area (Å²) in [4.78, 5) is 24.3. The van der Waals surface area contributed by atoms with Crippen LogP contribution in [0.2, 0.25) is 0 Å². The van der Waals surface area contributed by atoms with Crippen molar-refractivity contribution >= 4 is 17.5 Å². The van der Waals surface area contributed by atoms with Crippen molar-refractivity contribution in [1.82, 2.24) is 4.90 Å². The highest BCUT2D eigenvalue weighted by Crippen LogP contribution is 2.32. The molecule has 0 heterocycles. The molecule has 2 rings (SSSR count). The first-order valence-corrected chi connectivity index (χ1v) is 8.36. The maximum absolute atomic E-state index is 13.1. The summed E-state index contributed by atoms with van der Waals surface area (Å²) in [6.07, 6.45) is -9.75. The molecule has 0 fully saturated rings. The van der Waals surface area contributed by atoms with Gasteiger partial charge in [-0.2, -0.15) is 26.3 Å². The Kier molecular flexibility index (Phi) is 6.55. The van der Waals surface area contributed by atoms with Gasteiger partial charge in [-0.05, 0) is 36.8 Å². The minimum absolute atomic E-state index is 0.0833. The average molecular weight is 418 g/mol. The van der Waals surface area contributed by atoms with Gasteiger partial charge in [-0.1, -0.05) is 24.3 Å². The summed E-state index contributed by atoms with van der Waals surface area (Å²) in [5, 5.41) is 2.30. The van der Waals surface area contributed by atoms with Gasteiger partial charge in [0.05, 0.1) is 11.1 Å². The lowest BCUT2D eigenvalue weighted by Crippen LogP contribution is -2.40. The lowest BCUT2D eigenvalue weighted by Gasteiger charge is -2.22. The van der Waals surface area contributed by atoms with Gasteiger partial charge in [-0.15, -0.1) is 0 Å². The molecule has 0 aliphatic heterocycles. The lowest BCUT2D eigenvalue weighted by molar-refractivity contribution is -0.185. The Morgan fingerprint density at radius 3 is 2.21 bits per heavy atom. The summed E-state index contributed by atoms with van der Waals surface area (Å²) >= 11 is 0. The van der Waals surface area contributed by atoms with Gasteiger partial charge in [-0.3, -0.25) is 9.59 Å². The van der Waals surface area contributed by atoms with E-state index in [1.165, 1.54) is 37.3 Å². The fourth-order valence-electron chi connectivity index (χ4n) is 2.60. The number of rotatable bonds is 5. The summed E-state index contributed by atoms with van der Waals surface area (Å²) in [5.74, 6) is -3.03. The number of alkyl halides is 6. The number of carbonyl (C=O) groups excluding carboxylic acids is 2. The topological polar surface area (TPSA) is 49.4 Å². The fraction of sp³-hybridized carbons (Fsp3) is 0.263. The molecule has 0 bridgehead atoms. The normalized spacial score (nSPS) is 11.8. The maximum Gasteiger partial charge on any atom is 0.471 e. The first-order valence-electron chi connectivity index (χ1n) is 8.36. The minimum atomic E-state index is -5.02. The molecule has 29 heavy (non-hydrogen) atoms. The number of anilines is 1. The molecule has 10 heteroatoms. The molecule has 2 amide bonds. The fourth-order valence-corrected chi connectivity index (χ4v) is 2.60. The van der Waals surface area contributed by atoms with Crippen molar-refractivity contribution in [1.29, 1.82) is 0 Å². The molecule has 0 radical (unpaired) electrons. The van der Waals surface area contributed by atoms with Gasteiger partial charge >= 0.3 is 18.3 Å². The van der Waals surface area contributed by atoms with Gasteiger partial charge in [0.25, 0.3) is 5.91 Å². The van der Waals surface area contributed by atoms with E-state index in [1.54, 1.807) is 0 Å². The zero-order chi connectivity index (χ0) is 21.8. The molecule has 0 saturated heterocycles. The van der Waals surface area contributed by atoms with Crippen molar-refractivity contribution in [2.24, 2.45) is 0 Å². The highest BCUT2D eigenvalue weighted by atomic mass is 19.4. The molecule has 0 aliphatic rings. The van der Waals surface area contributed by atoms with Gasteiger partial charge < -0.3 is 10.2 Å². The number of nitrogens with one attached hydrogen (secondary N) is 1. The molecule has 0 saturated carbocycles. The van der Waals surface area contributed by atoms with E-state index in [0.717, 1.165) is 18.2 Å². The maximum atomic E-state index is 13.1. The number of hydrogen-bond donors (Lipinski definition) is 1. The summed E-state index contributed by atoms with van der Waals surface area (Å²) in [6, 6.07) is 9.73. The van der Waals surface area contributed by atoms with Crippen LogP contribution in [0.3, 0.4) is 0 Å². The number of nitrogens with zero attached hydrogens (tertiary/aromatic N) is 1. The van der Waals surface area contributed by atoms with Crippen LogP contribution in [-0.4, -0.2) is 29.4 Å². The van der Waals surface area contributed by atoms with Crippen molar-refractivity contribution in [2.45, 2.75) is 25.8 Å². The van der Waals surface area contributed by atoms with Crippen LogP contribution in [0.15, 0.2) is 48.5 Å². The Balaban J connectivity index is 2.21. The van der Waals surface area contributed by atoms with Gasteiger partial charge in [-0.25, -0.2) is 0 Å².